The van der Waals surface area contributed by atoms with Crippen molar-refractivity contribution in [2.45, 2.75) is 64.9 Å². The van der Waals surface area contributed by atoms with Gasteiger partial charge in [-0.1, -0.05) is 44.0 Å². The molecule has 5 nitrogen and oxygen atoms in total. The summed E-state index contributed by atoms with van der Waals surface area (Å²) in [4.78, 5) is 12.2. The van der Waals surface area contributed by atoms with Gasteiger partial charge in [0.05, 0.1) is 23.7 Å². The fourth-order valence-electron chi connectivity index (χ4n) is 5.69. The zero-order chi connectivity index (χ0) is 20.7. The van der Waals surface area contributed by atoms with E-state index in [0.29, 0.717) is 11.1 Å². The molecule has 0 atom stereocenters. The first-order valence-electron chi connectivity index (χ1n) is 11.4. The van der Waals surface area contributed by atoms with Crippen LogP contribution in [0.1, 0.15) is 61.9 Å². The number of nitrogens with zero attached hydrogens (tertiary/aromatic N) is 3. The van der Waals surface area contributed by atoms with Gasteiger partial charge >= 0.3 is 0 Å². The zero-order valence-electron chi connectivity index (χ0n) is 18.0. The Labute approximate surface area is 179 Å². The first-order valence-corrected chi connectivity index (χ1v) is 11.4. The maximum absolute atomic E-state index is 10.1. The number of aryl methyl sites for hydroxylation is 1. The number of anilines is 2. The van der Waals surface area contributed by atoms with Gasteiger partial charge in [-0.05, 0) is 43.6 Å². The van der Waals surface area contributed by atoms with Gasteiger partial charge in [0.15, 0.2) is 5.82 Å². The van der Waals surface area contributed by atoms with Gasteiger partial charge in [-0.2, -0.15) is 0 Å². The van der Waals surface area contributed by atoms with E-state index in [1.807, 2.05) is 6.92 Å². The number of nitrogens with one attached hydrogen (secondary N) is 1. The van der Waals surface area contributed by atoms with Gasteiger partial charge in [0.25, 0.3) is 0 Å². The highest BCUT2D eigenvalue weighted by Gasteiger charge is 2.36. The number of benzene rings is 1. The monoisotopic (exact) mass is 404 g/mol. The molecule has 1 aromatic carbocycles. The molecule has 2 aliphatic heterocycles. The fourth-order valence-corrected chi connectivity index (χ4v) is 5.69. The van der Waals surface area contributed by atoms with Gasteiger partial charge in [-0.3, -0.25) is 0 Å². The summed E-state index contributed by atoms with van der Waals surface area (Å²) in [7, 11) is 0. The van der Waals surface area contributed by atoms with Crippen LogP contribution in [0.2, 0.25) is 0 Å². The number of piperidine rings is 1. The molecule has 0 radical (unpaired) electrons. The number of aliphatic hydroxyl groups excluding tert-OH is 1. The average Bonchev–Trinajstić information content (AvgIpc) is 3.15. The summed E-state index contributed by atoms with van der Waals surface area (Å²) in [6, 6.07) is 6.27. The number of allylic oxidation sites excluding steroid dienone is 1. The lowest BCUT2D eigenvalue weighted by Crippen LogP contribution is -2.42. The van der Waals surface area contributed by atoms with E-state index >= 15 is 0 Å². The molecule has 158 valence electrons. The maximum Gasteiger partial charge on any atom is 0.153 e. The number of aliphatic hydroxyl groups is 1. The first-order chi connectivity index (χ1) is 14.6. The standard InChI is InChI=1S/C25H32N4O/c1-17-15-19-7-6-8-20(23(19)26-17)22-18(2)27-24(21(16-30)28-22)29-13-11-25(12-14-29)9-4-3-5-10-25/h6-8,26,30H,1,3-5,9-16H2,2H3. The number of fused-ring (bicyclic) bond motifs is 1. The largest absolute Gasteiger partial charge is 0.390 e. The van der Waals surface area contributed by atoms with Crippen molar-refractivity contribution >= 4 is 11.5 Å². The number of para-hydroxylation sites is 1. The molecule has 2 fully saturated rings. The van der Waals surface area contributed by atoms with E-state index in [-0.39, 0.29) is 6.61 Å². The molecule has 5 heteroatoms. The Hall–Kier alpha value is -2.40. The van der Waals surface area contributed by atoms with Crippen molar-refractivity contribution in [1.82, 2.24) is 9.97 Å². The van der Waals surface area contributed by atoms with E-state index in [2.05, 4.69) is 35.0 Å². The molecule has 2 N–H and O–H groups in total. The number of aromatic nitrogens is 2. The Balaban J connectivity index is 1.45. The number of hydrogen-bond donors (Lipinski definition) is 2. The highest BCUT2D eigenvalue weighted by Crippen LogP contribution is 2.45. The fraction of sp³-hybridized carbons (Fsp3) is 0.520. The van der Waals surface area contributed by atoms with Crippen molar-refractivity contribution in [3.05, 3.63) is 47.4 Å². The first kappa shape index (κ1) is 19.6. The topological polar surface area (TPSA) is 61.3 Å². The van der Waals surface area contributed by atoms with E-state index in [4.69, 9.17) is 9.97 Å². The van der Waals surface area contributed by atoms with Crippen LogP contribution in [0.3, 0.4) is 0 Å². The molecule has 0 amide bonds. The van der Waals surface area contributed by atoms with E-state index < -0.39 is 0 Å². The summed E-state index contributed by atoms with van der Waals surface area (Å²) in [5.74, 6) is 0.870. The summed E-state index contributed by atoms with van der Waals surface area (Å²) in [5.41, 5.74) is 7.36. The summed E-state index contributed by atoms with van der Waals surface area (Å²) >= 11 is 0. The van der Waals surface area contributed by atoms with Crippen LogP contribution < -0.4 is 10.2 Å². The van der Waals surface area contributed by atoms with Crippen LogP contribution in [-0.4, -0.2) is 28.2 Å². The van der Waals surface area contributed by atoms with Crippen molar-refractivity contribution in [2.24, 2.45) is 5.41 Å². The average molecular weight is 405 g/mol. The van der Waals surface area contributed by atoms with Crippen LogP contribution in [0.4, 0.5) is 11.5 Å². The molecule has 1 spiro atoms. The van der Waals surface area contributed by atoms with Gasteiger partial charge in [0.1, 0.15) is 5.69 Å². The number of hydrogen-bond acceptors (Lipinski definition) is 5. The Bertz CT molecular complexity index is 967. The van der Waals surface area contributed by atoms with E-state index in [9.17, 15) is 5.11 Å². The molecular formula is C25H32N4O. The van der Waals surface area contributed by atoms with Crippen LogP contribution in [0.5, 0.6) is 0 Å². The maximum atomic E-state index is 10.1. The normalized spacial score (nSPS) is 20.3. The molecule has 1 aromatic heterocycles. The minimum atomic E-state index is -0.0909. The summed E-state index contributed by atoms with van der Waals surface area (Å²) < 4.78 is 0. The van der Waals surface area contributed by atoms with Gasteiger partial charge in [-0.15, -0.1) is 0 Å². The summed E-state index contributed by atoms with van der Waals surface area (Å²) in [5, 5.41) is 13.5. The third-order valence-electron chi connectivity index (χ3n) is 7.42. The Morgan fingerprint density at radius 3 is 2.60 bits per heavy atom. The van der Waals surface area contributed by atoms with Crippen LogP contribution in [0, 0.1) is 12.3 Å². The highest BCUT2D eigenvalue weighted by atomic mass is 16.3. The second-order valence-electron chi connectivity index (χ2n) is 9.38. The molecule has 5 rings (SSSR count). The Morgan fingerprint density at radius 2 is 1.87 bits per heavy atom. The highest BCUT2D eigenvalue weighted by molar-refractivity contribution is 5.83. The van der Waals surface area contributed by atoms with Crippen LogP contribution in [0.15, 0.2) is 30.5 Å². The molecule has 30 heavy (non-hydrogen) atoms. The van der Waals surface area contributed by atoms with Crippen molar-refractivity contribution in [1.29, 1.82) is 0 Å². The Morgan fingerprint density at radius 1 is 1.10 bits per heavy atom. The lowest BCUT2D eigenvalue weighted by Gasteiger charge is -2.45. The smallest absolute Gasteiger partial charge is 0.153 e. The number of rotatable bonds is 3. The molecule has 1 saturated carbocycles. The predicted octanol–water partition coefficient (Wildman–Crippen LogP) is 4.98. The van der Waals surface area contributed by atoms with Crippen LogP contribution >= 0.6 is 0 Å². The minimum Gasteiger partial charge on any atom is -0.390 e. The molecule has 1 saturated heterocycles. The Kier molecular flexibility index (Phi) is 5.02. The molecule has 3 aliphatic rings. The van der Waals surface area contributed by atoms with Crippen LogP contribution in [-0.2, 0) is 13.0 Å². The van der Waals surface area contributed by atoms with Crippen molar-refractivity contribution in [3.8, 4) is 11.3 Å². The molecule has 0 unspecified atom stereocenters. The molecular weight excluding hydrogens is 372 g/mol. The van der Waals surface area contributed by atoms with Gasteiger partial charge in [-0.25, -0.2) is 9.97 Å². The molecule has 2 aromatic rings. The summed E-state index contributed by atoms with van der Waals surface area (Å²) in [6.07, 6.45) is 10.3. The molecule has 1 aliphatic carbocycles. The lowest BCUT2D eigenvalue weighted by molar-refractivity contribution is 0.144. The van der Waals surface area contributed by atoms with Crippen molar-refractivity contribution in [2.75, 3.05) is 23.3 Å². The van der Waals surface area contributed by atoms with Crippen LogP contribution in [0.25, 0.3) is 11.3 Å². The lowest BCUT2D eigenvalue weighted by atomic mass is 9.68. The third-order valence-corrected chi connectivity index (χ3v) is 7.42. The molecule has 0 bridgehead atoms. The SMILES string of the molecule is C=C1Cc2cccc(-c3nc(CO)c(N4CCC5(CCCCC5)CC4)nc3C)c2N1. The summed E-state index contributed by atoms with van der Waals surface area (Å²) in [6.45, 7) is 8.05. The van der Waals surface area contributed by atoms with Gasteiger partial charge in [0.2, 0.25) is 0 Å². The van der Waals surface area contributed by atoms with Crippen molar-refractivity contribution in [3.63, 3.8) is 0 Å². The van der Waals surface area contributed by atoms with Gasteiger partial charge < -0.3 is 15.3 Å². The molecule has 3 heterocycles. The van der Waals surface area contributed by atoms with E-state index in [1.54, 1.807) is 0 Å². The predicted molar refractivity (Wildman–Crippen MR) is 122 cm³/mol. The van der Waals surface area contributed by atoms with Crippen molar-refractivity contribution < 1.29 is 5.11 Å². The quantitative estimate of drug-likeness (QED) is 0.756. The van der Waals surface area contributed by atoms with E-state index in [0.717, 1.165) is 53.7 Å². The minimum absolute atomic E-state index is 0.0909. The van der Waals surface area contributed by atoms with E-state index in [1.165, 1.54) is 50.5 Å². The third kappa shape index (κ3) is 3.39. The van der Waals surface area contributed by atoms with Gasteiger partial charge in [0, 0.05) is 30.8 Å². The zero-order valence-corrected chi connectivity index (χ0v) is 18.0. The second-order valence-corrected chi connectivity index (χ2v) is 9.38. The second kappa shape index (κ2) is 7.69.